The van der Waals surface area contributed by atoms with Gasteiger partial charge in [0.05, 0.1) is 12.6 Å². The molecule has 0 bridgehead atoms. The van der Waals surface area contributed by atoms with Gasteiger partial charge in [-0.05, 0) is 23.8 Å². The maximum absolute atomic E-state index is 12.5. The van der Waals surface area contributed by atoms with Crippen LogP contribution in [-0.4, -0.2) is 23.0 Å². The number of carbonyl (C=O) groups is 1. The van der Waals surface area contributed by atoms with Crippen LogP contribution in [0.1, 0.15) is 30.0 Å². The summed E-state index contributed by atoms with van der Waals surface area (Å²) in [4.78, 5) is 18.4. The van der Waals surface area contributed by atoms with Gasteiger partial charge in [-0.2, -0.15) is 0 Å². The second-order valence-corrected chi connectivity index (χ2v) is 6.98. The summed E-state index contributed by atoms with van der Waals surface area (Å²) >= 11 is 1.57. The van der Waals surface area contributed by atoms with E-state index in [0.29, 0.717) is 18.4 Å². The molecule has 5 heteroatoms. The number of nitrogens with one attached hydrogen (secondary N) is 1. The van der Waals surface area contributed by atoms with Crippen LogP contribution in [0.25, 0.3) is 0 Å². The first kappa shape index (κ1) is 15.0. The van der Waals surface area contributed by atoms with Crippen molar-refractivity contribution in [1.29, 1.82) is 0 Å². The zero-order valence-electron chi connectivity index (χ0n) is 12.9. The molecule has 2 aromatic rings. The van der Waals surface area contributed by atoms with Crippen molar-refractivity contribution in [2.45, 2.75) is 25.9 Å². The minimum Gasteiger partial charge on any atom is -0.331 e. The van der Waals surface area contributed by atoms with E-state index < -0.39 is 0 Å². The van der Waals surface area contributed by atoms with Crippen LogP contribution in [0.2, 0.25) is 0 Å². The van der Waals surface area contributed by atoms with Crippen LogP contribution in [0.3, 0.4) is 0 Å². The van der Waals surface area contributed by atoms with Gasteiger partial charge in [-0.3, -0.25) is 0 Å². The Morgan fingerprint density at radius 2 is 2.18 bits per heavy atom. The van der Waals surface area contributed by atoms with Crippen molar-refractivity contribution in [3.8, 4) is 0 Å². The van der Waals surface area contributed by atoms with E-state index >= 15 is 0 Å². The highest BCUT2D eigenvalue weighted by molar-refractivity contribution is 7.09. The normalized spacial score (nSPS) is 21.2. The first-order chi connectivity index (χ1) is 10.6. The first-order valence-corrected chi connectivity index (χ1v) is 8.48. The number of carbonyl (C=O) groups excluding carboxylic acids is 1. The third kappa shape index (κ3) is 3.47. The number of hydrogen-bond acceptors (Lipinski definition) is 3. The second-order valence-electron chi connectivity index (χ2n) is 6.00. The van der Waals surface area contributed by atoms with Gasteiger partial charge in [0, 0.05) is 18.6 Å². The van der Waals surface area contributed by atoms with E-state index in [4.69, 9.17) is 0 Å². The molecule has 0 radical (unpaired) electrons. The summed E-state index contributed by atoms with van der Waals surface area (Å²) in [7, 11) is 1.81. The van der Waals surface area contributed by atoms with Gasteiger partial charge in [-0.15, -0.1) is 11.3 Å². The van der Waals surface area contributed by atoms with Crippen molar-refractivity contribution < 1.29 is 4.79 Å². The highest BCUT2D eigenvalue weighted by Crippen LogP contribution is 2.46. The van der Waals surface area contributed by atoms with Crippen LogP contribution in [0.15, 0.2) is 41.9 Å². The molecule has 0 unspecified atom stereocenters. The Balaban J connectivity index is 1.66. The van der Waals surface area contributed by atoms with Gasteiger partial charge < -0.3 is 10.2 Å². The Kier molecular flexibility index (Phi) is 4.43. The molecule has 116 valence electrons. The molecular weight excluding hydrogens is 294 g/mol. The van der Waals surface area contributed by atoms with Crippen molar-refractivity contribution in [2.24, 2.45) is 11.8 Å². The molecule has 1 N–H and O–H groups in total. The van der Waals surface area contributed by atoms with Gasteiger partial charge >= 0.3 is 6.03 Å². The number of aromatic nitrogens is 1. The van der Waals surface area contributed by atoms with Crippen molar-refractivity contribution in [3.63, 3.8) is 0 Å². The summed E-state index contributed by atoms with van der Waals surface area (Å²) in [5, 5.41) is 6.08. The quantitative estimate of drug-likeness (QED) is 0.915. The van der Waals surface area contributed by atoms with Crippen LogP contribution < -0.4 is 5.32 Å². The van der Waals surface area contributed by atoms with Crippen LogP contribution in [0.4, 0.5) is 4.79 Å². The number of hydrogen-bond donors (Lipinski definition) is 1. The van der Waals surface area contributed by atoms with Crippen molar-refractivity contribution >= 4 is 17.4 Å². The van der Waals surface area contributed by atoms with Crippen LogP contribution in [-0.2, 0) is 6.54 Å². The molecule has 1 aliphatic carbocycles. The highest BCUT2D eigenvalue weighted by atomic mass is 32.1. The standard InChI is InChI=1S/C17H21N3OS/c1-12-10-14(12)16(13-6-4-3-5-7-13)19-17(21)20(2)11-15-18-8-9-22-15/h3-9,12,14,16H,10-11H2,1-2H3,(H,19,21)/t12-,14-,16+/m1/s1. The lowest BCUT2D eigenvalue weighted by Crippen LogP contribution is -2.39. The average molecular weight is 315 g/mol. The van der Waals surface area contributed by atoms with E-state index in [1.165, 1.54) is 12.0 Å². The molecular formula is C17H21N3OS. The number of amides is 2. The molecule has 0 saturated heterocycles. The smallest absolute Gasteiger partial charge is 0.318 e. The number of nitrogens with zero attached hydrogens (tertiary/aromatic N) is 2. The van der Waals surface area contributed by atoms with Gasteiger partial charge in [-0.25, -0.2) is 9.78 Å². The van der Waals surface area contributed by atoms with Crippen LogP contribution in [0.5, 0.6) is 0 Å². The predicted molar refractivity (Wildman–Crippen MR) is 88.6 cm³/mol. The van der Waals surface area contributed by atoms with Gasteiger partial charge in [0.15, 0.2) is 0 Å². The molecule has 3 rings (SSSR count). The van der Waals surface area contributed by atoms with Crippen LogP contribution >= 0.6 is 11.3 Å². The Morgan fingerprint density at radius 3 is 2.77 bits per heavy atom. The van der Waals surface area contributed by atoms with E-state index in [2.05, 4.69) is 29.4 Å². The number of urea groups is 1. The topological polar surface area (TPSA) is 45.2 Å². The van der Waals surface area contributed by atoms with E-state index in [0.717, 1.165) is 5.01 Å². The van der Waals surface area contributed by atoms with Crippen LogP contribution in [0, 0.1) is 11.8 Å². The number of benzene rings is 1. The molecule has 1 saturated carbocycles. The lowest BCUT2D eigenvalue weighted by atomic mass is 10.0. The predicted octanol–water partition coefficient (Wildman–Crippen LogP) is 3.68. The van der Waals surface area contributed by atoms with Crippen molar-refractivity contribution in [1.82, 2.24) is 15.2 Å². The molecule has 1 aliphatic rings. The second kappa shape index (κ2) is 6.48. The fraction of sp³-hybridized carbons (Fsp3) is 0.412. The molecule has 22 heavy (non-hydrogen) atoms. The van der Waals surface area contributed by atoms with E-state index in [9.17, 15) is 4.79 Å². The summed E-state index contributed by atoms with van der Waals surface area (Å²) in [6.07, 6.45) is 2.94. The SMILES string of the molecule is C[C@@H]1C[C@H]1[C@@H](NC(=O)N(C)Cc1nccs1)c1ccccc1. The Labute approximate surface area is 135 Å². The molecule has 4 nitrogen and oxygen atoms in total. The van der Waals surface area contributed by atoms with Gasteiger partial charge in [0.25, 0.3) is 0 Å². The minimum atomic E-state index is -0.0387. The average Bonchev–Trinajstić information content (AvgIpc) is 3.02. The van der Waals surface area contributed by atoms with E-state index in [1.807, 2.05) is 30.6 Å². The van der Waals surface area contributed by atoms with E-state index in [1.54, 1.807) is 22.4 Å². The third-order valence-electron chi connectivity index (χ3n) is 4.24. The molecule has 3 atom stereocenters. The van der Waals surface area contributed by atoms with Gasteiger partial charge in [0.1, 0.15) is 5.01 Å². The van der Waals surface area contributed by atoms with Crippen molar-refractivity contribution in [3.05, 3.63) is 52.5 Å². The lowest BCUT2D eigenvalue weighted by Gasteiger charge is -2.24. The minimum absolute atomic E-state index is 0.0387. The molecule has 1 fully saturated rings. The molecule has 1 aromatic carbocycles. The molecule has 2 amide bonds. The monoisotopic (exact) mass is 315 g/mol. The Morgan fingerprint density at radius 1 is 1.45 bits per heavy atom. The summed E-state index contributed by atoms with van der Waals surface area (Å²) in [6.45, 7) is 2.79. The summed E-state index contributed by atoms with van der Waals surface area (Å²) in [5.74, 6) is 1.22. The lowest BCUT2D eigenvalue weighted by molar-refractivity contribution is 0.200. The Hall–Kier alpha value is -1.88. The number of thiazole rings is 1. The van der Waals surface area contributed by atoms with Gasteiger partial charge in [0.2, 0.25) is 0 Å². The highest BCUT2D eigenvalue weighted by Gasteiger charge is 2.41. The van der Waals surface area contributed by atoms with Crippen molar-refractivity contribution in [2.75, 3.05) is 7.05 Å². The number of rotatable bonds is 5. The zero-order valence-corrected chi connectivity index (χ0v) is 13.7. The summed E-state index contributed by atoms with van der Waals surface area (Å²) < 4.78 is 0. The van der Waals surface area contributed by atoms with Gasteiger partial charge in [-0.1, -0.05) is 37.3 Å². The molecule has 1 aromatic heterocycles. The largest absolute Gasteiger partial charge is 0.331 e. The van der Waals surface area contributed by atoms with E-state index in [-0.39, 0.29) is 12.1 Å². The summed E-state index contributed by atoms with van der Waals surface area (Å²) in [6, 6.07) is 10.3. The summed E-state index contributed by atoms with van der Waals surface area (Å²) in [5.41, 5.74) is 1.19. The fourth-order valence-electron chi connectivity index (χ4n) is 2.76. The zero-order chi connectivity index (χ0) is 15.5. The third-order valence-corrected chi connectivity index (χ3v) is 5.00. The molecule has 1 heterocycles. The maximum atomic E-state index is 12.5. The molecule has 0 spiro atoms. The molecule has 0 aliphatic heterocycles. The first-order valence-electron chi connectivity index (χ1n) is 7.60. The Bertz CT molecular complexity index is 614. The fourth-order valence-corrected chi connectivity index (χ4v) is 3.43. The maximum Gasteiger partial charge on any atom is 0.318 e.